The fraction of sp³-hybridized carbons (Fsp3) is 0.607. The number of ether oxygens (including phenoxy) is 1. The van der Waals surface area contributed by atoms with Crippen molar-refractivity contribution in [1.29, 1.82) is 0 Å². The van der Waals surface area contributed by atoms with Crippen LogP contribution in [0.25, 0.3) is 10.8 Å². The Morgan fingerprint density at radius 2 is 1.83 bits per heavy atom. The van der Waals surface area contributed by atoms with E-state index in [1.165, 1.54) is 6.07 Å². The second-order valence-electron chi connectivity index (χ2n) is 10.9. The number of carboxylic acids is 1. The molecule has 0 bridgehead atoms. The van der Waals surface area contributed by atoms with E-state index in [-0.39, 0.29) is 34.6 Å². The Labute approximate surface area is 205 Å². The molecule has 0 amide bonds. The van der Waals surface area contributed by atoms with Crippen LogP contribution in [0.1, 0.15) is 70.4 Å². The quantitative estimate of drug-likeness (QED) is 0.425. The fourth-order valence-corrected chi connectivity index (χ4v) is 5.81. The van der Waals surface area contributed by atoms with Gasteiger partial charge >= 0.3 is 12.1 Å². The molecule has 2 aromatic carbocycles. The van der Waals surface area contributed by atoms with E-state index in [9.17, 15) is 23.1 Å². The summed E-state index contributed by atoms with van der Waals surface area (Å²) in [6.07, 6.45) is 1.11. The summed E-state index contributed by atoms with van der Waals surface area (Å²) in [4.78, 5) is 11.3. The molecule has 2 aliphatic rings. The molecule has 192 valence electrons. The summed E-state index contributed by atoms with van der Waals surface area (Å²) in [5, 5.41) is 13.4. The Bertz CT molecular complexity index is 1060. The molecule has 0 spiro atoms. The van der Waals surface area contributed by atoms with Gasteiger partial charge in [0.25, 0.3) is 0 Å². The molecule has 2 aliphatic carbocycles. The number of alkyl halides is 3. The molecule has 0 heterocycles. The lowest BCUT2D eigenvalue weighted by Crippen LogP contribution is -2.59. The van der Waals surface area contributed by atoms with Gasteiger partial charge in [-0.05, 0) is 78.8 Å². The van der Waals surface area contributed by atoms with E-state index in [0.29, 0.717) is 30.7 Å². The molecule has 2 aromatic rings. The van der Waals surface area contributed by atoms with Gasteiger partial charge in [0, 0.05) is 6.04 Å². The van der Waals surface area contributed by atoms with Crippen LogP contribution in [0.5, 0.6) is 5.75 Å². The van der Waals surface area contributed by atoms with E-state index in [0.717, 1.165) is 37.7 Å². The maximum absolute atomic E-state index is 14.2. The van der Waals surface area contributed by atoms with Crippen molar-refractivity contribution in [2.75, 3.05) is 6.54 Å². The average molecular weight is 492 g/mol. The highest BCUT2D eigenvalue weighted by Crippen LogP contribution is 2.46. The molecule has 2 saturated carbocycles. The van der Waals surface area contributed by atoms with Crippen LogP contribution in [0.15, 0.2) is 30.3 Å². The van der Waals surface area contributed by atoms with Crippen LogP contribution in [0, 0.1) is 17.3 Å². The van der Waals surface area contributed by atoms with Crippen LogP contribution in [-0.4, -0.2) is 29.8 Å². The third-order valence-electron chi connectivity index (χ3n) is 8.37. The Balaban J connectivity index is 1.49. The minimum absolute atomic E-state index is 0.0730. The van der Waals surface area contributed by atoms with Gasteiger partial charge in [-0.2, -0.15) is 13.2 Å². The predicted molar refractivity (Wildman–Crippen MR) is 131 cm³/mol. The van der Waals surface area contributed by atoms with Gasteiger partial charge in [-0.1, -0.05) is 51.5 Å². The number of fused-ring (bicyclic) bond motifs is 1. The molecule has 0 aliphatic heterocycles. The first kappa shape index (κ1) is 25.8. The summed E-state index contributed by atoms with van der Waals surface area (Å²) in [6.45, 7) is 6.61. The highest BCUT2D eigenvalue weighted by atomic mass is 19.4. The van der Waals surface area contributed by atoms with Crippen molar-refractivity contribution in [1.82, 2.24) is 5.32 Å². The molecule has 4 rings (SSSR count). The van der Waals surface area contributed by atoms with Gasteiger partial charge in [-0.25, -0.2) is 0 Å². The van der Waals surface area contributed by atoms with Crippen LogP contribution in [0.3, 0.4) is 0 Å². The van der Waals surface area contributed by atoms with Gasteiger partial charge in [0.2, 0.25) is 0 Å². The van der Waals surface area contributed by atoms with Gasteiger partial charge < -0.3 is 15.2 Å². The van der Waals surface area contributed by atoms with Crippen molar-refractivity contribution in [3.8, 4) is 5.75 Å². The number of rotatable bonds is 8. The van der Waals surface area contributed by atoms with E-state index >= 15 is 0 Å². The zero-order chi connectivity index (χ0) is 25.4. The molecule has 2 fully saturated rings. The molecule has 35 heavy (non-hydrogen) atoms. The highest BCUT2D eigenvalue weighted by molar-refractivity contribution is 5.89. The first-order chi connectivity index (χ1) is 16.5. The number of carbonyl (C=O) groups is 1. The minimum atomic E-state index is -4.52. The molecule has 2 atom stereocenters. The Hall–Kier alpha value is -2.28. The first-order valence-corrected chi connectivity index (χ1v) is 12.8. The molecule has 0 saturated heterocycles. The van der Waals surface area contributed by atoms with E-state index in [4.69, 9.17) is 4.74 Å². The largest absolute Gasteiger partial charge is 0.490 e. The Kier molecular flexibility index (Phi) is 7.37. The lowest BCUT2D eigenvalue weighted by Gasteiger charge is -2.50. The Morgan fingerprint density at radius 3 is 2.43 bits per heavy atom. The minimum Gasteiger partial charge on any atom is -0.490 e. The first-order valence-electron chi connectivity index (χ1n) is 12.8. The molecule has 2 unspecified atom stereocenters. The summed E-state index contributed by atoms with van der Waals surface area (Å²) < 4.78 is 48.7. The monoisotopic (exact) mass is 491 g/mol. The molecular formula is C28H36F3NO3. The third-order valence-corrected chi connectivity index (χ3v) is 8.37. The normalized spacial score (nSPS) is 26.3. The summed E-state index contributed by atoms with van der Waals surface area (Å²) in [5.41, 5.74) is -0.226. The second kappa shape index (κ2) is 10.00. The predicted octanol–water partition coefficient (Wildman–Crippen LogP) is 6.84. The SMILES string of the molecule is CC[C@H]1CC[C@@H](Oc2ccc3ccc(CCNC4CC(C(=O)O)C4(C)C)cc3c2C(F)(F)F)CC1. The van der Waals surface area contributed by atoms with Gasteiger partial charge in [0.05, 0.1) is 12.0 Å². The number of nitrogens with one attached hydrogen (secondary N) is 1. The second-order valence-corrected chi connectivity index (χ2v) is 10.9. The molecule has 2 N–H and O–H groups in total. The van der Waals surface area contributed by atoms with E-state index in [2.05, 4.69) is 12.2 Å². The zero-order valence-electron chi connectivity index (χ0n) is 20.8. The number of benzene rings is 2. The molecule has 0 aromatic heterocycles. The number of carboxylic acid groups (broad SMARTS) is 1. The van der Waals surface area contributed by atoms with Gasteiger partial charge in [-0.3, -0.25) is 4.79 Å². The van der Waals surface area contributed by atoms with Crippen molar-refractivity contribution in [2.24, 2.45) is 17.3 Å². The van der Waals surface area contributed by atoms with Crippen LogP contribution < -0.4 is 10.1 Å². The zero-order valence-corrected chi connectivity index (χ0v) is 20.8. The average Bonchev–Trinajstić information content (AvgIpc) is 2.80. The number of hydrogen-bond donors (Lipinski definition) is 2. The standard InChI is InChI=1S/C28H36F3NO3/c1-4-17-6-10-20(11-7-17)35-23-12-9-19-8-5-18(15-21(19)25(23)28(29,30)31)13-14-32-24-16-22(26(33)34)27(24,2)3/h5,8-9,12,15,17,20,22,24,32H,4,6-7,10-11,13-14,16H2,1-3H3,(H,33,34)/t17-,20+,22?,24?. The smallest absolute Gasteiger partial charge is 0.420 e. The number of aliphatic carboxylic acids is 1. The van der Waals surface area contributed by atoms with Crippen molar-refractivity contribution < 1.29 is 27.8 Å². The summed E-state index contributed by atoms with van der Waals surface area (Å²) >= 11 is 0. The van der Waals surface area contributed by atoms with E-state index < -0.39 is 17.7 Å². The van der Waals surface area contributed by atoms with Gasteiger partial charge in [-0.15, -0.1) is 0 Å². The molecule has 7 heteroatoms. The maximum atomic E-state index is 14.2. The lowest BCUT2D eigenvalue weighted by molar-refractivity contribution is -0.155. The molecule has 4 nitrogen and oxygen atoms in total. The van der Waals surface area contributed by atoms with E-state index in [1.807, 2.05) is 19.9 Å². The van der Waals surface area contributed by atoms with Crippen molar-refractivity contribution in [2.45, 2.75) is 84.0 Å². The van der Waals surface area contributed by atoms with Crippen molar-refractivity contribution >= 4 is 16.7 Å². The van der Waals surface area contributed by atoms with Crippen molar-refractivity contribution in [3.05, 3.63) is 41.5 Å². The maximum Gasteiger partial charge on any atom is 0.420 e. The molecule has 0 radical (unpaired) electrons. The summed E-state index contributed by atoms with van der Waals surface area (Å²) in [7, 11) is 0. The number of hydrogen-bond acceptors (Lipinski definition) is 3. The van der Waals surface area contributed by atoms with Crippen LogP contribution in [0.4, 0.5) is 13.2 Å². The van der Waals surface area contributed by atoms with E-state index in [1.54, 1.807) is 18.2 Å². The Morgan fingerprint density at radius 1 is 1.14 bits per heavy atom. The van der Waals surface area contributed by atoms with Crippen LogP contribution in [0.2, 0.25) is 0 Å². The number of halogens is 3. The van der Waals surface area contributed by atoms with Gasteiger partial charge in [0.15, 0.2) is 0 Å². The summed E-state index contributed by atoms with van der Waals surface area (Å²) in [5.74, 6) is -0.578. The lowest BCUT2D eigenvalue weighted by atomic mass is 9.58. The van der Waals surface area contributed by atoms with Crippen molar-refractivity contribution in [3.63, 3.8) is 0 Å². The van der Waals surface area contributed by atoms with Crippen LogP contribution in [-0.2, 0) is 17.4 Å². The van der Waals surface area contributed by atoms with Gasteiger partial charge in [0.1, 0.15) is 11.3 Å². The fourth-order valence-electron chi connectivity index (χ4n) is 5.81. The summed E-state index contributed by atoms with van der Waals surface area (Å²) in [6, 6.07) is 8.50. The molecular weight excluding hydrogens is 455 g/mol. The van der Waals surface area contributed by atoms with Crippen LogP contribution >= 0.6 is 0 Å². The highest BCUT2D eigenvalue weighted by Gasteiger charge is 2.51. The topological polar surface area (TPSA) is 58.6 Å². The third kappa shape index (κ3) is 5.45.